The lowest BCUT2D eigenvalue weighted by Crippen LogP contribution is -2.40. The van der Waals surface area contributed by atoms with Gasteiger partial charge in [0, 0.05) is 25.9 Å². The zero-order valence-electron chi connectivity index (χ0n) is 32.9. The highest BCUT2D eigenvalue weighted by atomic mass is 16.8. The van der Waals surface area contributed by atoms with Crippen LogP contribution in [0.2, 0.25) is 0 Å². The average Bonchev–Trinajstić information content (AvgIpc) is 3.51. The molecule has 1 heterocycles. The van der Waals surface area contributed by atoms with E-state index in [1.54, 1.807) is 0 Å². The second-order valence-corrected chi connectivity index (χ2v) is 14.7. The Morgan fingerprint density at radius 1 is 0.500 bits per heavy atom. The van der Waals surface area contributed by atoms with Crippen molar-refractivity contribution in [2.45, 2.75) is 193 Å². The number of hydrogen-bond donors (Lipinski definition) is 0. The van der Waals surface area contributed by atoms with Crippen LogP contribution in [0, 0.1) is 0 Å². The summed E-state index contributed by atoms with van der Waals surface area (Å²) in [5.74, 6) is -0.373. The minimum atomic E-state index is -0.373. The van der Waals surface area contributed by atoms with Gasteiger partial charge in [-0.25, -0.2) is 0 Å². The first-order valence-corrected chi connectivity index (χ1v) is 20.8. The van der Waals surface area contributed by atoms with Gasteiger partial charge in [-0.2, -0.15) is 0 Å². The Balaban J connectivity index is 2.25. The van der Waals surface area contributed by atoms with E-state index < -0.39 is 0 Å². The van der Waals surface area contributed by atoms with E-state index >= 15 is 0 Å². The molecular formula is C44H82N2O2. The molecule has 0 amide bonds. The van der Waals surface area contributed by atoms with Crippen LogP contribution >= 0.6 is 0 Å². The molecule has 4 heteroatoms. The summed E-state index contributed by atoms with van der Waals surface area (Å²) in [6.45, 7) is 7.29. The SMILES string of the molecule is CCCCC/C=C\C/C=C\CCCCCCCCC1(CCCCCCCC/C=C\C/C=C\CCCCC)OCC(N(C)CCN(C)C)O1. The summed E-state index contributed by atoms with van der Waals surface area (Å²) < 4.78 is 13.3. The van der Waals surface area contributed by atoms with E-state index in [-0.39, 0.29) is 12.0 Å². The molecule has 0 aromatic carbocycles. The zero-order valence-corrected chi connectivity index (χ0v) is 32.9. The van der Waals surface area contributed by atoms with E-state index in [0.29, 0.717) is 6.61 Å². The fourth-order valence-electron chi connectivity index (χ4n) is 6.41. The van der Waals surface area contributed by atoms with Crippen molar-refractivity contribution in [3.63, 3.8) is 0 Å². The predicted molar refractivity (Wildman–Crippen MR) is 213 cm³/mol. The molecule has 0 N–H and O–H groups in total. The van der Waals surface area contributed by atoms with Crippen molar-refractivity contribution in [2.24, 2.45) is 0 Å². The van der Waals surface area contributed by atoms with E-state index in [1.165, 1.54) is 141 Å². The molecule has 1 rings (SSSR count). The molecule has 1 aliphatic rings. The molecule has 48 heavy (non-hydrogen) atoms. The topological polar surface area (TPSA) is 24.9 Å². The Labute approximate surface area is 300 Å². The second-order valence-electron chi connectivity index (χ2n) is 14.7. The molecule has 0 radical (unpaired) electrons. The minimum absolute atomic E-state index is 0.0826. The van der Waals surface area contributed by atoms with Crippen LogP contribution < -0.4 is 0 Å². The van der Waals surface area contributed by atoms with Crippen molar-refractivity contribution < 1.29 is 9.47 Å². The van der Waals surface area contributed by atoms with Gasteiger partial charge in [-0.1, -0.05) is 140 Å². The Kier molecular flexibility index (Phi) is 30.8. The molecule has 0 aliphatic carbocycles. The summed E-state index contributed by atoms with van der Waals surface area (Å²) in [5.41, 5.74) is 0. The third-order valence-corrected chi connectivity index (χ3v) is 9.75. The van der Waals surface area contributed by atoms with E-state index in [1.807, 2.05) is 0 Å². The van der Waals surface area contributed by atoms with Gasteiger partial charge in [0.25, 0.3) is 0 Å². The molecule has 1 atom stereocenters. The molecular weight excluding hydrogens is 588 g/mol. The maximum atomic E-state index is 6.75. The summed E-state index contributed by atoms with van der Waals surface area (Å²) in [5, 5.41) is 0. The Bertz CT molecular complexity index is 754. The van der Waals surface area contributed by atoms with Gasteiger partial charge < -0.3 is 14.4 Å². The van der Waals surface area contributed by atoms with E-state index in [4.69, 9.17) is 9.47 Å². The Hall–Kier alpha value is -1.20. The lowest BCUT2D eigenvalue weighted by Gasteiger charge is -2.30. The summed E-state index contributed by atoms with van der Waals surface area (Å²) in [4.78, 5) is 4.59. The molecule has 0 saturated carbocycles. The third-order valence-electron chi connectivity index (χ3n) is 9.75. The zero-order chi connectivity index (χ0) is 34.8. The molecule has 4 nitrogen and oxygen atoms in total. The summed E-state index contributed by atoms with van der Waals surface area (Å²) >= 11 is 0. The van der Waals surface area contributed by atoms with Crippen LogP contribution in [0.5, 0.6) is 0 Å². The number of unbranched alkanes of at least 4 members (excludes halogenated alkanes) is 18. The summed E-state index contributed by atoms with van der Waals surface area (Å²) in [7, 11) is 6.47. The standard InChI is InChI=1S/C44H82N2O2/c1-6-8-10-12-14-16-18-20-22-24-26-28-30-32-34-36-38-44(47-42-43(48-44)46(5)41-40-45(3)4)39-37-35-33-31-29-27-25-23-21-19-17-15-13-11-9-7-2/h14-17,20-23,43H,6-13,18-19,24-42H2,1-5H3/b16-14-,17-15-,22-20-,23-21-. The smallest absolute Gasteiger partial charge is 0.170 e. The van der Waals surface area contributed by atoms with Gasteiger partial charge >= 0.3 is 0 Å². The highest BCUT2D eigenvalue weighted by Crippen LogP contribution is 2.35. The second kappa shape index (κ2) is 33.0. The Morgan fingerprint density at radius 2 is 0.896 bits per heavy atom. The van der Waals surface area contributed by atoms with Crippen LogP contribution in [-0.4, -0.2) is 62.7 Å². The molecule has 1 aliphatic heterocycles. The molecule has 0 bridgehead atoms. The molecule has 280 valence electrons. The predicted octanol–water partition coefficient (Wildman–Crippen LogP) is 13.0. The van der Waals surface area contributed by atoms with Crippen molar-refractivity contribution in [3.05, 3.63) is 48.6 Å². The molecule has 1 saturated heterocycles. The quantitative estimate of drug-likeness (QED) is 0.0502. The van der Waals surface area contributed by atoms with Gasteiger partial charge in [0.05, 0.1) is 6.61 Å². The average molecular weight is 671 g/mol. The van der Waals surface area contributed by atoms with Gasteiger partial charge in [-0.3, -0.25) is 4.90 Å². The van der Waals surface area contributed by atoms with Gasteiger partial charge in [-0.15, -0.1) is 0 Å². The summed E-state index contributed by atoms with van der Waals surface area (Å²) in [6.07, 6.45) is 51.8. The first-order valence-electron chi connectivity index (χ1n) is 20.8. The van der Waals surface area contributed by atoms with Crippen molar-refractivity contribution in [1.29, 1.82) is 0 Å². The number of allylic oxidation sites excluding steroid dienone is 8. The lowest BCUT2D eigenvalue weighted by molar-refractivity contribution is -0.194. The van der Waals surface area contributed by atoms with Crippen LogP contribution in [-0.2, 0) is 9.47 Å². The fraction of sp³-hybridized carbons (Fsp3) is 0.818. The maximum Gasteiger partial charge on any atom is 0.170 e. The van der Waals surface area contributed by atoms with Crippen molar-refractivity contribution >= 4 is 0 Å². The number of hydrogen-bond acceptors (Lipinski definition) is 4. The maximum absolute atomic E-state index is 6.75. The fourth-order valence-corrected chi connectivity index (χ4v) is 6.41. The van der Waals surface area contributed by atoms with Crippen LogP contribution in [0.4, 0.5) is 0 Å². The highest BCUT2D eigenvalue weighted by molar-refractivity contribution is 4.93. The lowest BCUT2D eigenvalue weighted by atomic mass is 9.98. The minimum Gasteiger partial charge on any atom is -0.346 e. The summed E-state index contributed by atoms with van der Waals surface area (Å²) in [6, 6.07) is 0. The van der Waals surface area contributed by atoms with Crippen molar-refractivity contribution in [2.75, 3.05) is 40.8 Å². The molecule has 1 fully saturated rings. The van der Waals surface area contributed by atoms with Crippen LogP contribution in [0.25, 0.3) is 0 Å². The van der Waals surface area contributed by atoms with E-state index in [0.717, 1.165) is 38.8 Å². The van der Waals surface area contributed by atoms with Gasteiger partial charge in [0.2, 0.25) is 0 Å². The molecule has 0 aromatic heterocycles. The molecule has 0 spiro atoms. The number of ether oxygens (including phenoxy) is 2. The van der Waals surface area contributed by atoms with Gasteiger partial charge in [0.1, 0.15) is 6.23 Å². The van der Waals surface area contributed by atoms with Gasteiger partial charge in [-0.05, 0) is 98.2 Å². The highest BCUT2D eigenvalue weighted by Gasteiger charge is 2.41. The number of likely N-dealkylation sites (N-methyl/N-ethyl adjacent to an activating group) is 2. The van der Waals surface area contributed by atoms with Crippen LogP contribution in [0.3, 0.4) is 0 Å². The van der Waals surface area contributed by atoms with Crippen molar-refractivity contribution in [3.8, 4) is 0 Å². The normalized spacial score (nSPS) is 16.9. The van der Waals surface area contributed by atoms with Crippen LogP contribution in [0.1, 0.15) is 181 Å². The number of nitrogens with zero attached hydrogens (tertiary/aromatic N) is 2. The Morgan fingerprint density at radius 3 is 1.31 bits per heavy atom. The van der Waals surface area contributed by atoms with E-state index in [9.17, 15) is 0 Å². The number of rotatable bonds is 34. The molecule has 0 aromatic rings. The van der Waals surface area contributed by atoms with Gasteiger partial charge in [0.15, 0.2) is 5.79 Å². The van der Waals surface area contributed by atoms with E-state index in [2.05, 4.69) is 93.4 Å². The largest absolute Gasteiger partial charge is 0.346 e. The monoisotopic (exact) mass is 671 g/mol. The van der Waals surface area contributed by atoms with Crippen molar-refractivity contribution in [1.82, 2.24) is 9.80 Å². The first kappa shape index (κ1) is 44.8. The molecule has 1 unspecified atom stereocenters. The van der Waals surface area contributed by atoms with Crippen LogP contribution in [0.15, 0.2) is 48.6 Å². The first-order chi connectivity index (χ1) is 23.5. The third kappa shape index (κ3) is 26.6.